The molecule has 2 aliphatic heterocycles. The predicted octanol–water partition coefficient (Wildman–Crippen LogP) is 6.63. The average molecular weight is 533 g/mol. The van der Waals surface area contributed by atoms with Crippen molar-refractivity contribution in [3.05, 3.63) is 98.6 Å². The number of ether oxygens (including phenoxy) is 1. The zero-order chi connectivity index (χ0) is 25.7. The Kier molecular flexibility index (Phi) is 6.23. The summed E-state index contributed by atoms with van der Waals surface area (Å²) in [6, 6.07) is 17.4. The molecule has 0 aliphatic carbocycles. The number of hydrogen-bond donors (Lipinski definition) is 1. The van der Waals surface area contributed by atoms with E-state index >= 15 is 0 Å². The molecule has 2 aromatic heterocycles. The molecule has 0 saturated heterocycles. The van der Waals surface area contributed by atoms with Gasteiger partial charge >= 0.3 is 6.03 Å². The van der Waals surface area contributed by atoms with Crippen LogP contribution in [0.25, 0.3) is 5.00 Å². The van der Waals surface area contributed by atoms with Crippen LogP contribution in [0.15, 0.2) is 60.8 Å². The van der Waals surface area contributed by atoms with Gasteiger partial charge in [0.25, 0.3) is 0 Å². The molecule has 0 spiro atoms. The Balaban J connectivity index is 1.49. The Labute approximate surface area is 226 Å². The lowest BCUT2D eigenvalue weighted by Gasteiger charge is -2.32. The number of urea groups is 1. The van der Waals surface area contributed by atoms with Crippen LogP contribution in [0, 0.1) is 6.92 Å². The minimum absolute atomic E-state index is 0.169. The number of amides is 2. The molecule has 0 saturated carbocycles. The lowest BCUT2D eigenvalue weighted by molar-refractivity contribution is 0.194. The zero-order valence-electron chi connectivity index (χ0n) is 21.1. The van der Waals surface area contributed by atoms with Crippen molar-refractivity contribution in [2.45, 2.75) is 32.5 Å². The number of benzene rings is 2. The number of aromatic nitrogens is 1. The third-order valence-corrected chi connectivity index (χ3v) is 8.81. The number of aryl methyl sites for hydroxylation is 1. The van der Waals surface area contributed by atoms with E-state index in [1.54, 1.807) is 7.11 Å². The minimum atomic E-state index is -0.287. The number of fused-ring (bicyclic) bond motifs is 5. The highest BCUT2D eigenvalue weighted by Crippen LogP contribution is 2.44. The summed E-state index contributed by atoms with van der Waals surface area (Å²) < 4.78 is 7.83. The van der Waals surface area contributed by atoms with E-state index in [0.717, 1.165) is 36.3 Å². The third-order valence-electron chi connectivity index (χ3n) is 7.30. The lowest BCUT2D eigenvalue weighted by Crippen LogP contribution is -2.38. The fourth-order valence-electron chi connectivity index (χ4n) is 5.45. The van der Waals surface area contributed by atoms with Crippen molar-refractivity contribution in [3.8, 4) is 10.8 Å². The number of anilines is 1. The molecule has 37 heavy (non-hydrogen) atoms. The van der Waals surface area contributed by atoms with Crippen LogP contribution in [0.5, 0.6) is 5.75 Å². The zero-order valence-corrected chi connectivity index (χ0v) is 22.7. The molecule has 1 atom stereocenters. The summed E-state index contributed by atoms with van der Waals surface area (Å²) in [6.45, 7) is 4.48. The summed E-state index contributed by atoms with van der Waals surface area (Å²) in [4.78, 5) is 19.9. The molecule has 2 aliphatic rings. The van der Waals surface area contributed by atoms with Gasteiger partial charge in [0.15, 0.2) is 0 Å². The number of likely N-dealkylation sites (N-methyl/N-ethyl adjacent to an activating group) is 1. The molecule has 6 nitrogen and oxygen atoms in total. The Morgan fingerprint density at radius 1 is 1.11 bits per heavy atom. The maximum absolute atomic E-state index is 14.2. The summed E-state index contributed by atoms with van der Waals surface area (Å²) in [5.41, 5.74) is 6.41. The normalized spacial score (nSPS) is 17.0. The summed E-state index contributed by atoms with van der Waals surface area (Å²) >= 11 is 8.10. The number of carbonyl (C=O) groups is 1. The van der Waals surface area contributed by atoms with Gasteiger partial charge in [-0.05, 0) is 73.5 Å². The minimum Gasteiger partial charge on any atom is -0.495 e. The van der Waals surface area contributed by atoms with Gasteiger partial charge < -0.3 is 24.4 Å². The summed E-state index contributed by atoms with van der Waals surface area (Å²) in [5, 5.41) is 5.05. The molecule has 4 heterocycles. The number of hydrogen-bond acceptors (Lipinski definition) is 4. The standard InChI is InChI=1S/C29H29ClN4O2S/c1-18-6-11-25(36-3)23(15-18)31-29(35)34-16-22-21-12-14-32(2)17-26(21)37-28(22)33-13-4-5-24(33)27(34)19-7-9-20(30)10-8-19/h4-11,13,15,27H,12,14,16-17H2,1-3H3,(H,31,35)/t27-/m0/s1. The van der Waals surface area contributed by atoms with Crippen molar-refractivity contribution in [2.75, 3.05) is 26.0 Å². The van der Waals surface area contributed by atoms with Crippen LogP contribution in [-0.4, -0.2) is 41.1 Å². The highest BCUT2D eigenvalue weighted by atomic mass is 35.5. The molecule has 190 valence electrons. The van der Waals surface area contributed by atoms with Crippen molar-refractivity contribution in [2.24, 2.45) is 0 Å². The molecule has 2 aromatic carbocycles. The van der Waals surface area contributed by atoms with Crippen molar-refractivity contribution in [1.29, 1.82) is 0 Å². The van der Waals surface area contributed by atoms with Gasteiger partial charge in [-0.1, -0.05) is 29.8 Å². The first-order chi connectivity index (χ1) is 17.9. The van der Waals surface area contributed by atoms with Gasteiger partial charge in [-0.25, -0.2) is 4.79 Å². The number of methoxy groups -OCH3 is 1. The molecule has 0 radical (unpaired) electrons. The van der Waals surface area contributed by atoms with E-state index in [4.69, 9.17) is 16.3 Å². The molecule has 0 bridgehead atoms. The van der Waals surface area contributed by atoms with Crippen molar-refractivity contribution >= 4 is 34.7 Å². The number of nitrogens with one attached hydrogen (secondary N) is 1. The predicted molar refractivity (Wildman–Crippen MR) is 149 cm³/mol. The lowest BCUT2D eigenvalue weighted by atomic mass is 10.0. The van der Waals surface area contributed by atoms with Crippen molar-refractivity contribution < 1.29 is 9.53 Å². The van der Waals surface area contributed by atoms with Crippen LogP contribution in [0.3, 0.4) is 0 Å². The van der Waals surface area contributed by atoms with Crippen LogP contribution in [0.1, 0.15) is 38.9 Å². The monoisotopic (exact) mass is 532 g/mol. The fourth-order valence-corrected chi connectivity index (χ4v) is 7.02. The first kappa shape index (κ1) is 24.1. The molecule has 0 unspecified atom stereocenters. The van der Waals surface area contributed by atoms with Crippen LogP contribution >= 0.6 is 22.9 Å². The van der Waals surface area contributed by atoms with Gasteiger partial charge in [-0.3, -0.25) is 0 Å². The van der Waals surface area contributed by atoms with E-state index in [0.29, 0.717) is 23.0 Å². The topological polar surface area (TPSA) is 49.7 Å². The van der Waals surface area contributed by atoms with Gasteiger partial charge in [-0.15, -0.1) is 11.3 Å². The van der Waals surface area contributed by atoms with Crippen LogP contribution in [0.4, 0.5) is 10.5 Å². The summed E-state index contributed by atoms with van der Waals surface area (Å²) in [5.74, 6) is 0.636. The van der Waals surface area contributed by atoms with Crippen molar-refractivity contribution in [3.63, 3.8) is 0 Å². The highest BCUT2D eigenvalue weighted by Gasteiger charge is 2.36. The average Bonchev–Trinajstić information content (AvgIpc) is 3.46. The molecule has 6 rings (SSSR count). The maximum atomic E-state index is 14.2. The molecule has 1 N–H and O–H groups in total. The van der Waals surface area contributed by atoms with Gasteiger partial charge in [0.05, 0.1) is 31.1 Å². The van der Waals surface area contributed by atoms with Crippen molar-refractivity contribution in [1.82, 2.24) is 14.4 Å². The third kappa shape index (κ3) is 4.31. The second-order valence-electron chi connectivity index (χ2n) is 9.79. The van der Waals surface area contributed by atoms with Gasteiger partial charge in [0.2, 0.25) is 0 Å². The number of nitrogens with zero attached hydrogens (tertiary/aromatic N) is 3. The van der Waals surface area contributed by atoms with E-state index < -0.39 is 0 Å². The van der Waals surface area contributed by atoms with Crippen LogP contribution in [-0.2, 0) is 19.5 Å². The van der Waals surface area contributed by atoms with Crippen LogP contribution < -0.4 is 10.1 Å². The van der Waals surface area contributed by atoms with Gasteiger partial charge in [-0.2, -0.15) is 0 Å². The number of halogens is 1. The van der Waals surface area contributed by atoms with Gasteiger partial charge in [0.1, 0.15) is 10.8 Å². The highest BCUT2D eigenvalue weighted by molar-refractivity contribution is 7.15. The number of rotatable bonds is 3. The summed E-state index contributed by atoms with van der Waals surface area (Å²) in [6.07, 6.45) is 3.11. The second-order valence-corrected chi connectivity index (χ2v) is 11.3. The molecular weight excluding hydrogens is 504 g/mol. The Hall–Kier alpha value is -3.26. The molecule has 0 fully saturated rings. The Bertz CT molecular complexity index is 1480. The first-order valence-electron chi connectivity index (χ1n) is 12.4. The molecule has 2 amide bonds. The largest absolute Gasteiger partial charge is 0.495 e. The van der Waals surface area contributed by atoms with E-state index in [1.807, 2.05) is 65.6 Å². The smallest absolute Gasteiger partial charge is 0.323 e. The van der Waals surface area contributed by atoms with E-state index in [2.05, 4.69) is 40.2 Å². The maximum Gasteiger partial charge on any atom is 0.323 e. The Morgan fingerprint density at radius 2 is 1.92 bits per heavy atom. The molecule has 8 heteroatoms. The second kappa shape index (κ2) is 9.56. The van der Waals surface area contributed by atoms with E-state index in [9.17, 15) is 4.79 Å². The first-order valence-corrected chi connectivity index (χ1v) is 13.6. The Morgan fingerprint density at radius 3 is 2.70 bits per heavy atom. The van der Waals surface area contributed by atoms with E-state index in [1.165, 1.54) is 21.0 Å². The SMILES string of the molecule is COc1ccc(C)cc1NC(=O)N1Cc2c(sc3c2CCN(C)C3)-n2cccc2[C@@H]1c1ccc(Cl)cc1. The number of carbonyl (C=O) groups excluding carboxylic acids is 1. The fraction of sp³-hybridized carbons (Fsp3) is 0.276. The molecule has 4 aromatic rings. The van der Waals surface area contributed by atoms with Gasteiger partial charge in [0, 0.05) is 34.7 Å². The summed E-state index contributed by atoms with van der Waals surface area (Å²) in [7, 11) is 3.79. The quantitative estimate of drug-likeness (QED) is 0.322. The number of thiophene rings is 1. The molecular formula is C29H29ClN4O2S. The van der Waals surface area contributed by atoms with Crippen LogP contribution in [0.2, 0.25) is 5.02 Å². The van der Waals surface area contributed by atoms with E-state index in [-0.39, 0.29) is 12.1 Å².